The Morgan fingerprint density at radius 1 is 1.43 bits per heavy atom. The fourth-order valence-corrected chi connectivity index (χ4v) is 1.51. The van der Waals surface area contributed by atoms with Gasteiger partial charge in [-0.25, -0.2) is 4.79 Å². The molecular weight excluding hydrogens is 314 g/mol. The van der Waals surface area contributed by atoms with Crippen LogP contribution >= 0.6 is 34.2 Å². The number of para-hydroxylation sites is 1. The number of rotatable bonds is 3. The average Bonchev–Trinajstić information content (AvgIpc) is 2.18. The summed E-state index contributed by atoms with van der Waals surface area (Å²) in [6, 6.07) is 7.35. The van der Waals surface area contributed by atoms with Crippen LogP contribution in [-0.4, -0.2) is 18.5 Å². The van der Waals surface area contributed by atoms with Crippen LogP contribution in [0.1, 0.15) is 0 Å². The lowest BCUT2D eigenvalue weighted by molar-refractivity contribution is 0.252. The molecule has 14 heavy (non-hydrogen) atoms. The minimum absolute atomic E-state index is 0.227. The van der Waals surface area contributed by atoms with Crippen LogP contribution in [0.15, 0.2) is 24.3 Å². The number of carbonyl (C=O) groups is 1. The first-order chi connectivity index (χ1) is 6.74. The van der Waals surface area contributed by atoms with Crippen molar-refractivity contribution < 1.29 is 4.79 Å². The molecule has 0 spiro atoms. The molecule has 1 rings (SSSR count). The summed E-state index contributed by atoms with van der Waals surface area (Å²) < 4.78 is 1.01. The molecule has 0 saturated carbocycles. The Morgan fingerprint density at radius 3 is 2.79 bits per heavy atom. The molecule has 3 nitrogen and oxygen atoms in total. The van der Waals surface area contributed by atoms with E-state index >= 15 is 0 Å². The summed E-state index contributed by atoms with van der Waals surface area (Å²) in [5.74, 6) is 0.416. The zero-order valence-electron chi connectivity index (χ0n) is 7.39. The number of alkyl halides is 1. The summed E-state index contributed by atoms with van der Waals surface area (Å²) >= 11 is 7.60. The van der Waals surface area contributed by atoms with Crippen molar-refractivity contribution >= 4 is 45.9 Å². The van der Waals surface area contributed by atoms with Gasteiger partial charge in [0.1, 0.15) is 0 Å². The number of hydrogen-bond donors (Lipinski definition) is 2. The number of urea groups is 1. The predicted molar refractivity (Wildman–Crippen MR) is 66.9 cm³/mol. The Balaban J connectivity index is 2.52. The Morgan fingerprint density at radius 2 is 2.14 bits per heavy atom. The SMILES string of the molecule is O=C(NCCCl)Nc1ccccc1I. The van der Waals surface area contributed by atoms with Gasteiger partial charge in [0, 0.05) is 16.0 Å². The molecule has 0 aromatic heterocycles. The number of hydrogen-bond acceptors (Lipinski definition) is 1. The largest absolute Gasteiger partial charge is 0.337 e. The highest BCUT2D eigenvalue weighted by molar-refractivity contribution is 14.1. The van der Waals surface area contributed by atoms with Crippen molar-refractivity contribution in [3.05, 3.63) is 27.8 Å². The Labute approximate surface area is 101 Å². The molecule has 0 bridgehead atoms. The Kier molecular flexibility index (Phi) is 5.03. The van der Waals surface area contributed by atoms with E-state index in [9.17, 15) is 4.79 Å². The normalized spacial score (nSPS) is 9.57. The molecule has 0 aliphatic rings. The second kappa shape index (κ2) is 6.08. The van der Waals surface area contributed by atoms with E-state index in [1.54, 1.807) is 0 Å². The molecule has 0 saturated heterocycles. The molecule has 0 radical (unpaired) electrons. The molecule has 1 aromatic carbocycles. The fourth-order valence-electron chi connectivity index (χ4n) is 0.890. The first kappa shape index (κ1) is 11.6. The summed E-state index contributed by atoms with van der Waals surface area (Å²) in [6.45, 7) is 0.469. The van der Waals surface area contributed by atoms with Crippen LogP contribution < -0.4 is 10.6 Å². The summed E-state index contributed by atoms with van der Waals surface area (Å²) in [5, 5.41) is 5.35. The maximum absolute atomic E-state index is 11.2. The third kappa shape index (κ3) is 3.71. The van der Waals surface area contributed by atoms with Crippen LogP contribution in [-0.2, 0) is 0 Å². The van der Waals surface area contributed by atoms with Gasteiger partial charge in [0.15, 0.2) is 0 Å². The van der Waals surface area contributed by atoms with Gasteiger partial charge in [0.05, 0.1) is 5.69 Å². The standard InChI is InChI=1S/C9H10ClIN2O/c10-5-6-12-9(14)13-8-4-2-1-3-7(8)11/h1-4H,5-6H2,(H2,12,13,14). The molecule has 0 unspecified atom stereocenters. The molecule has 0 aliphatic heterocycles. The minimum atomic E-state index is -0.227. The second-order valence-corrected chi connectivity index (χ2v) is 4.09. The minimum Gasteiger partial charge on any atom is -0.337 e. The van der Waals surface area contributed by atoms with Gasteiger partial charge in [-0.2, -0.15) is 0 Å². The van der Waals surface area contributed by atoms with Gasteiger partial charge >= 0.3 is 6.03 Å². The lowest BCUT2D eigenvalue weighted by atomic mass is 10.3. The average molecular weight is 325 g/mol. The molecule has 5 heteroatoms. The first-order valence-corrected chi connectivity index (χ1v) is 5.70. The van der Waals surface area contributed by atoms with E-state index in [1.807, 2.05) is 24.3 Å². The Hall–Kier alpha value is -0.490. The van der Waals surface area contributed by atoms with Gasteiger partial charge in [-0.15, -0.1) is 11.6 Å². The molecular formula is C9H10ClIN2O. The maximum atomic E-state index is 11.2. The lowest BCUT2D eigenvalue weighted by Crippen LogP contribution is -2.30. The van der Waals surface area contributed by atoms with Crippen molar-refractivity contribution in [3.63, 3.8) is 0 Å². The van der Waals surface area contributed by atoms with E-state index < -0.39 is 0 Å². The number of anilines is 1. The molecule has 0 fully saturated rings. The smallest absolute Gasteiger partial charge is 0.319 e. The van der Waals surface area contributed by atoms with Crippen LogP contribution in [0.5, 0.6) is 0 Å². The predicted octanol–water partition coefficient (Wildman–Crippen LogP) is 2.65. The third-order valence-corrected chi connectivity index (χ3v) is 2.63. The van der Waals surface area contributed by atoms with Gasteiger partial charge in [-0.3, -0.25) is 0 Å². The highest BCUT2D eigenvalue weighted by atomic mass is 127. The third-order valence-electron chi connectivity index (χ3n) is 1.50. The summed E-state index contributed by atoms with van der Waals surface area (Å²) in [6.07, 6.45) is 0. The van der Waals surface area contributed by atoms with E-state index in [1.165, 1.54) is 0 Å². The number of amides is 2. The number of nitrogens with one attached hydrogen (secondary N) is 2. The number of benzene rings is 1. The first-order valence-electron chi connectivity index (χ1n) is 4.09. The van der Waals surface area contributed by atoms with Gasteiger partial charge < -0.3 is 10.6 Å². The molecule has 0 aliphatic carbocycles. The van der Waals surface area contributed by atoms with Crippen molar-refractivity contribution in [2.75, 3.05) is 17.7 Å². The van der Waals surface area contributed by atoms with Crippen LogP contribution in [0.3, 0.4) is 0 Å². The highest BCUT2D eigenvalue weighted by Gasteiger charge is 2.02. The number of halogens is 2. The van der Waals surface area contributed by atoms with Crippen LogP contribution in [0.4, 0.5) is 10.5 Å². The summed E-state index contributed by atoms with van der Waals surface area (Å²) in [4.78, 5) is 11.2. The molecule has 2 N–H and O–H groups in total. The second-order valence-electron chi connectivity index (χ2n) is 2.55. The van der Waals surface area contributed by atoms with E-state index in [0.29, 0.717) is 12.4 Å². The zero-order chi connectivity index (χ0) is 10.4. The van der Waals surface area contributed by atoms with Crippen LogP contribution in [0.2, 0.25) is 0 Å². The van der Waals surface area contributed by atoms with Crippen molar-refractivity contribution in [1.82, 2.24) is 5.32 Å². The van der Waals surface area contributed by atoms with E-state index in [2.05, 4.69) is 33.2 Å². The topological polar surface area (TPSA) is 41.1 Å². The quantitative estimate of drug-likeness (QED) is 0.651. The van der Waals surface area contributed by atoms with Gasteiger partial charge in [0.25, 0.3) is 0 Å². The molecule has 76 valence electrons. The zero-order valence-corrected chi connectivity index (χ0v) is 10.3. The molecule has 0 heterocycles. The van der Waals surface area contributed by atoms with E-state index in [-0.39, 0.29) is 6.03 Å². The van der Waals surface area contributed by atoms with Crippen molar-refractivity contribution in [1.29, 1.82) is 0 Å². The molecule has 1 aromatic rings. The van der Waals surface area contributed by atoms with Crippen LogP contribution in [0.25, 0.3) is 0 Å². The van der Waals surface area contributed by atoms with E-state index in [4.69, 9.17) is 11.6 Å². The highest BCUT2D eigenvalue weighted by Crippen LogP contribution is 2.16. The van der Waals surface area contributed by atoms with Crippen molar-refractivity contribution in [3.8, 4) is 0 Å². The maximum Gasteiger partial charge on any atom is 0.319 e. The monoisotopic (exact) mass is 324 g/mol. The number of carbonyl (C=O) groups excluding carboxylic acids is 1. The summed E-state index contributed by atoms with van der Waals surface area (Å²) in [7, 11) is 0. The summed E-state index contributed by atoms with van der Waals surface area (Å²) in [5.41, 5.74) is 0.806. The van der Waals surface area contributed by atoms with E-state index in [0.717, 1.165) is 9.26 Å². The van der Waals surface area contributed by atoms with Crippen LogP contribution in [0, 0.1) is 3.57 Å². The van der Waals surface area contributed by atoms with Gasteiger partial charge in [-0.1, -0.05) is 12.1 Å². The fraction of sp³-hybridized carbons (Fsp3) is 0.222. The van der Waals surface area contributed by atoms with Crippen molar-refractivity contribution in [2.24, 2.45) is 0 Å². The van der Waals surface area contributed by atoms with Gasteiger partial charge in [0.2, 0.25) is 0 Å². The molecule has 0 atom stereocenters. The lowest BCUT2D eigenvalue weighted by Gasteiger charge is -2.07. The van der Waals surface area contributed by atoms with Crippen molar-refractivity contribution in [2.45, 2.75) is 0 Å². The molecule has 2 amide bonds. The van der Waals surface area contributed by atoms with Gasteiger partial charge in [-0.05, 0) is 34.7 Å². The Bertz CT molecular complexity index is 319.